The molecule has 21 heavy (non-hydrogen) atoms. The number of benzene rings is 1. The minimum atomic E-state index is -1.01. The first kappa shape index (κ1) is 14.3. The van der Waals surface area contributed by atoms with E-state index in [4.69, 9.17) is 4.74 Å². The van der Waals surface area contributed by atoms with E-state index in [1.807, 2.05) is 12.1 Å². The third kappa shape index (κ3) is 2.38. The van der Waals surface area contributed by atoms with Gasteiger partial charge in [0.25, 0.3) is 0 Å². The van der Waals surface area contributed by atoms with Crippen molar-refractivity contribution >= 4 is 33.5 Å². The molecule has 1 amide bonds. The molecule has 0 spiro atoms. The first-order chi connectivity index (χ1) is 9.90. The van der Waals surface area contributed by atoms with Gasteiger partial charge in [-0.25, -0.2) is 0 Å². The highest BCUT2D eigenvalue weighted by Gasteiger charge is 2.59. The van der Waals surface area contributed by atoms with Crippen molar-refractivity contribution in [3.8, 4) is 0 Å². The fourth-order valence-electron chi connectivity index (χ4n) is 3.03. The number of amides is 1. The van der Waals surface area contributed by atoms with Crippen LogP contribution in [0.2, 0.25) is 0 Å². The van der Waals surface area contributed by atoms with Crippen LogP contribution in [0.15, 0.2) is 40.9 Å². The van der Waals surface area contributed by atoms with Gasteiger partial charge < -0.3 is 15.2 Å². The predicted molar refractivity (Wildman–Crippen MR) is 79.8 cm³/mol. The molecule has 110 valence electrons. The van der Waals surface area contributed by atoms with E-state index in [1.165, 1.54) is 0 Å². The van der Waals surface area contributed by atoms with Crippen molar-refractivity contribution in [2.75, 3.05) is 5.32 Å². The third-order valence-electron chi connectivity index (χ3n) is 4.02. The molecule has 0 saturated carbocycles. The largest absolute Gasteiger partial charge is 0.481 e. The van der Waals surface area contributed by atoms with E-state index in [2.05, 4.69) is 21.2 Å². The number of hydrogen-bond acceptors (Lipinski definition) is 3. The van der Waals surface area contributed by atoms with Crippen molar-refractivity contribution < 1.29 is 19.4 Å². The van der Waals surface area contributed by atoms with Crippen LogP contribution in [0.3, 0.4) is 0 Å². The highest BCUT2D eigenvalue weighted by molar-refractivity contribution is 9.10. The van der Waals surface area contributed by atoms with Crippen molar-refractivity contribution in [1.82, 2.24) is 0 Å². The Morgan fingerprint density at radius 2 is 2.00 bits per heavy atom. The molecule has 1 saturated heterocycles. The number of aliphatic carboxylic acids is 1. The fraction of sp³-hybridized carbons (Fsp3) is 0.333. The van der Waals surface area contributed by atoms with Crippen LogP contribution in [0, 0.1) is 11.8 Å². The number of nitrogens with one attached hydrogen (secondary N) is 1. The van der Waals surface area contributed by atoms with Crippen molar-refractivity contribution in [3.63, 3.8) is 0 Å². The topological polar surface area (TPSA) is 75.6 Å². The standard InChI is InChI=1S/C15H14BrNO4/c1-15-7-6-10(21-15)11(14(19)20)12(15)13(18)17-9-4-2-8(16)3-5-9/h2-7,10-12H,1H3,(H,17,18)(H,19,20)/t10-,11-,12-,15+/m1/s1. The second-order valence-electron chi connectivity index (χ2n) is 5.46. The molecule has 6 heteroatoms. The number of hydrogen-bond donors (Lipinski definition) is 2. The van der Waals surface area contributed by atoms with Gasteiger partial charge in [-0.2, -0.15) is 0 Å². The van der Waals surface area contributed by atoms with E-state index in [0.717, 1.165) is 4.47 Å². The molecule has 2 aliphatic rings. The lowest BCUT2D eigenvalue weighted by Gasteiger charge is -2.27. The lowest BCUT2D eigenvalue weighted by Crippen LogP contribution is -2.44. The molecule has 2 N–H and O–H groups in total. The van der Waals surface area contributed by atoms with E-state index < -0.39 is 29.5 Å². The molecule has 0 aliphatic carbocycles. The Morgan fingerprint density at radius 3 is 2.62 bits per heavy atom. The lowest BCUT2D eigenvalue weighted by atomic mass is 9.75. The number of fused-ring (bicyclic) bond motifs is 2. The molecule has 2 bridgehead atoms. The van der Waals surface area contributed by atoms with Crippen LogP contribution in [0.5, 0.6) is 0 Å². The van der Waals surface area contributed by atoms with Crippen LogP contribution in [-0.2, 0) is 14.3 Å². The molecule has 0 aromatic heterocycles. The summed E-state index contributed by atoms with van der Waals surface area (Å²) in [6.45, 7) is 1.75. The van der Waals surface area contributed by atoms with Crippen LogP contribution in [0.1, 0.15) is 6.92 Å². The highest BCUT2D eigenvalue weighted by Crippen LogP contribution is 2.47. The maximum atomic E-state index is 12.5. The number of anilines is 1. The van der Waals surface area contributed by atoms with Crippen LogP contribution in [0.4, 0.5) is 5.69 Å². The summed E-state index contributed by atoms with van der Waals surface area (Å²) in [5, 5.41) is 12.1. The number of rotatable bonds is 3. The number of ether oxygens (including phenoxy) is 1. The van der Waals surface area contributed by atoms with Crippen molar-refractivity contribution in [3.05, 3.63) is 40.9 Å². The Labute approximate surface area is 130 Å². The van der Waals surface area contributed by atoms with Crippen LogP contribution >= 0.6 is 15.9 Å². The monoisotopic (exact) mass is 351 g/mol. The predicted octanol–water partition coefficient (Wildman–Crippen LogP) is 2.43. The van der Waals surface area contributed by atoms with Gasteiger partial charge >= 0.3 is 5.97 Å². The minimum absolute atomic E-state index is 0.334. The second-order valence-corrected chi connectivity index (χ2v) is 6.38. The first-order valence-corrected chi connectivity index (χ1v) is 7.36. The quantitative estimate of drug-likeness (QED) is 0.820. The Morgan fingerprint density at radius 1 is 1.33 bits per heavy atom. The molecular formula is C15H14BrNO4. The van der Waals surface area contributed by atoms with E-state index in [0.29, 0.717) is 5.69 Å². The molecular weight excluding hydrogens is 338 g/mol. The summed E-state index contributed by atoms with van der Waals surface area (Å²) in [5.41, 5.74) is -0.227. The van der Waals surface area contributed by atoms with Crippen molar-refractivity contribution in [2.45, 2.75) is 18.6 Å². The molecule has 5 nitrogen and oxygen atoms in total. The number of carboxylic acid groups (broad SMARTS) is 1. The Kier molecular flexibility index (Phi) is 3.37. The molecule has 1 aromatic carbocycles. The Bertz CT molecular complexity index is 627. The highest BCUT2D eigenvalue weighted by atomic mass is 79.9. The van der Waals surface area contributed by atoms with Gasteiger partial charge in [0.05, 0.1) is 17.6 Å². The van der Waals surface area contributed by atoms with Crippen LogP contribution in [0.25, 0.3) is 0 Å². The van der Waals surface area contributed by atoms with Gasteiger partial charge in [-0.05, 0) is 31.2 Å². The second kappa shape index (κ2) is 4.96. The average molecular weight is 352 g/mol. The zero-order valence-electron chi connectivity index (χ0n) is 11.2. The maximum Gasteiger partial charge on any atom is 0.310 e. The molecule has 3 rings (SSSR count). The van der Waals surface area contributed by atoms with Gasteiger partial charge in [-0.1, -0.05) is 28.1 Å². The van der Waals surface area contributed by atoms with Gasteiger partial charge in [-0.3, -0.25) is 9.59 Å². The minimum Gasteiger partial charge on any atom is -0.481 e. The van der Waals surface area contributed by atoms with Gasteiger partial charge in [0.2, 0.25) is 5.91 Å². The van der Waals surface area contributed by atoms with Gasteiger partial charge in [0, 0.05) is 10.2 Å². The van der Waals surface area contributed by atoms with Gasteiger partial charge in [0.15, 0.2) is 0 Å². The van der Waals surface area contributed by atoms with Crippen LogP contribution < -0.4 is 5.32 Å². The van der Waals surface area contributed by atoms with E-state index in [9.17, 15) is 14.7 Å². The number of carbonyl (C=O) groups is 2. The molecule has 0 radical (unpaired) electrons. The summed E-state index contributed by atoms with van der Waals surface area (Å²) in [7, 11) is 0. The van der Waals surface area contributed by atoms with E-state index in [1.54, 1.807) is 31.2 Å². The summed E-state index contributed by atoms with van der Waals surface area (Å²) in [5.74, 6) is -2.94. The van der Waals surface area contributed by atoms with E-state index in [-0.39, 0.29) is 5.91 Å². The zero-order chi connectivity index (χ0) is 15.2. The molecule has 1 fully saturated rings. The maximum absolute atomic E-state index is 12.5. The lowest BCUT2D eigenvalue weighted by molar-refractivity contribution is -0.146. The fourth-order valence-corrected chi connectivity index (χ4v) is 3.30. The molecule has 2 aliphatic heterocycles. The number of carboxylic acids is 1. The molecule has 4 atom stereocenters. The van der Waals surface area contributed by atoms with Gasteiger partial charge in [0.1, 0.15) is 5.92 Å². The normalized spacial score (nSPS) is 33.1. The Hall–Kier alpha value is -1.66. The summed E-state index contributed by atoms with van der Waals surface area (Å²) in [6, 6.07) is 7.13. The average Bonchev–Trinajstić information content (AvgIpc) is 2.94. The van der Waals surface area contributed by atoms with Crippen molar-refractivity contribution in [2.24, 2.45) is 11.8 Å². The smallest absolute Gasteiger partial charge is 0.310 e. The summed E-state index contributed by atoms with van der Waals surface area (Å²) >= 11 is 3.32. The third-order valence-corrected chi connectivity index (χ3v) is 4.55. The number of halogens is 1. The van der Waals surface area contributed by atoms with Gasteiger partial charge in [-0.15, -0.1) is 0 Å². The molecule has 0 unspecified atom stereocenters. The zero-order valence-corrected chi connectivity index (χ0v) is 12.8. The summed E-state index contributed by atoms with van der Waals surface area (Å²) < 4.78 is 6.57. The summed E-state index contributed by atoms with van der Waals surface area (Å²) in [4.78, 5) is 24.0. The summed E-state index contributed by atoms with van der Waals surface area (Å²) in [6.07, 6.45) is 2.97. The molecule has 2 heterocycles. The number of carbonyl (C=O) groups excluding carboxylic acids is 1. The Balaban J connectivity index is 1.84. The van der Waals surface area contributed by atoms with Crippen molar-refractivity contribution in [1.29, 1.82) is 0 Å². The van der Waals surface area contributed by atoms with E-state index >= 15 is 0 Å². The first-order valence-electron chi connectivity index (χ1n) is 6.57. The molecule has 1 aromatic rings. The SMILES string of the molecule is C[C@@]12C=C[C@@H](O1)[C@@H](C(=O)O)[C@@H]2C(=O)Nc1ccc(Br)cc1. The van der Waals surface area contributed by atoms with Crippen LogP contribution in [-0.4, -0.2) is 28.7 Å².